The summed E-state index contributed by atoms with van der Waals surface area (Å²) in [6.07, 6.45) is 10.6. The summed E-state index contributed by atoms with van der Waals surface area (Å²) in [6, 6.07) is 5.85. The standard InChI is InChI=1S/C17H24N2O/c20-16(14-15-8-2-5-11-18-15)17(9-3-4-10-17)19-12-6-1-7-13-19/h2,5,8,11H,1,3-4,6-7,9-10,12-14H2. The van der Waals surface area contributed by atoms with Crippen LogP contribution in [0.1, 0.15) is 50.6 Å². The molecule has 1 aromatic heterocycles. The lowest BCUT2D eigenvalue weighted by Crippen LogP contribution is -2.55. The molecule has 2 heterocycles. The van der Waals surface area contributed by atoms with E-state index in [2.05, 4.69) is 9.88 Å². The predicted octanol–water partition coefficient (Wildman–Crippen LogP) is 2.99. The van der Waals surface area contributed by atoms with Crippen LogP contribution < -0.4 is 0 Å². The smallest absolute Gasteiger partial charge is 0.159 e. The largest absolute Gasteiger partial charge is 0.297 e. The molecular weight excluding hydrogens is 248 g/mol. The Bertz CT molecular complexity index is 445. The minimum absolute atomic E-state index is 0.169. The third-order valence-corrected chi connectivity index (χ3v) is 4.98. The van der Waals surface area contributed by atoms with Crippen molar-refractivity contribution in [2.75, 3.05) is 13.1 Å². The van der Waals surface area contributed by atoms with E-state index in [-0.39, 0.29) is 5.54 Å². The van der Waals surface area contributed by atoms with Crippen molar-refractivity contribution in [1.82, 2.24) is 9.88 Å². The molecule has 0 N–H and O–H groups in total. The van der Waals surface area contributed by atoms with Gasteiger partial charge in [-0.15, -0.1) is 0 Å². The lowest BCUT2D eigenvalue weighted by Gasteiger charge is -2.42. The number of carbonyl (C=O) groups is 1. The van der Waals surface area contributed by atoms with Gasteiger partial charge in [0.2, 0.25) is 0 Å². The first-order valence-electron chi connectivity index (χ1n) is 7.99. The number of nitrogens with zero attached hydrogens (tertiary/aromatic N) is 2. The number of hydrogen-bond acceptors (Lipinski definition) is 3. The molecule has 0 aromatic carbocycles. The summed E-state index contributed by atoms with van der Waals surface area (Å²) in [5.41, 5.74) is 0.749. The van der Waals surface area contributed by atoms with E-state index in [1.54, 1.807) is 6.20 Å². The number of likely N-dealkylation sites (tertiary alicyclic amines) is 1. The molecule has 0 atom stereocenters. The molecule has 1 saturated carbocycles. The molecule has 3 heteroatoms. The minimum Gasteiger partial charge on any atom is -0.297 e. The van der Waals surface area contributed by atoms with Gasteiger partial charge in [-0.05, 0) is 50.9 Å². The highest BCUT2D eigenvalue weighted by atomic mass is 16.1. The molecule has 1 aromatic rings. The zero-order valence-corrected chi connectivity index (χ0v) is 12.2. The topological polar surface area (TPSA) is 33.2 Å². The normalized spacial score (nSPS) is 22.8. The second kappa shape index (κ2) is 6.04. The minimum atomic E-state index is -0.169. The molecule has 2 aliphatic rings. The predicted molar refractivity (Wildman–Crippen MR) is 79.6 cm³/mol. The van der Waals surface area contributed by atoms with Gasteiger partial charge in [0, 0.05) is 11.9 Å². The number of pyridine rings is 1. The third-order valence-electron chi connectivity index (χ3n) is 4.98. The summed E-state index contributed by atoms with van der Waals surface area (Å²) in [5.74, 6) is 0.399. The molecule has 0 amide bonds. The van der Waals surface area contributed by atoms with Gasteiger partial charge >= 0.3 is 0 Å². The Morgan fingerprint density at radius 1 is 1.10 bits per heavy atom. The van der Waals surface area contributed by atoms with Crippen molar-refractivity contribution in [3.8, 4) is 0 Å². The Balaban J connectivity index is 1.77. The number of Topliss-reactive ketones (excluding diaryl/α,β-unsaturated/α-hetero) is 1. The average molecular weight is 272 g/mol. The molecule has 108 valence electrons. The SMILES string of the molecule is O=C(Cc1ccccn1)C1(N2CCCCC2)CCCC1. The maximum absolute atomic E-state index is 13.0. The number of aromatic nitrogens is 1. The molecule has 1 aliphatic carbocycles. The number of hydrogen-bond donors (Lipinski definition) is 0. The van der Waals surface area contributed by atoms with Gasteiger partial charge in [0.15, 0.2) is 5.78 Å². The van der Waals surface area contributed by atoms with E-state index in [9.17, 15) is 4.79 Å². The van der Waals surface area contributed by atoms with Crippen LogP contribution in [0.2, 0.25) is 0 Å². The Kier molecular flexibility index (Phi) is 4.16. The zero-order valence-electron chi connectivity index (χ0n) is 12.2. The number of ketones is 1. The highest BCUT2D eigenvalue weighted by Gasteiger charge is 2.45. The van der Waals surface area contributed by atoms with Crippen molar-refractivity contribution < 1.29 is 4.79 Å². The second-order valence-corrected chi connectivity index (χ2v) is 6.21. The van der Waals surface area contributed by atoms with Crippen LogP contribution in [-0.4, -0.2) is 34.3 Å². The van der Waals surface area contributed by atoms with Gasteiger partial charge in [-0.2, -0.15) is 0 Å². The first-order valence-corrected chi connectivity index (χ1v) is 7.99. The van der Waals surface area contributed by atoms with Crippen molar-refractivity contribution in [2.24, 2.45) is 0 Å². The highest BCUT2D eigenvalue weighted by Crippen LogP contribution is 2.38. The third kappa shape index (κ3) is 2.64. The van der Waals surface area contributed by atoms with Gasteiger partial charge in [-0.25, -0.2) is 0 Å². The molecule has 0 spiro atoms. The Morgan fingerprint density at radius 2 is 1.85 bits per heavy atom. The quantitative estimate of drug-likeness (QED) is 0.845. The molecule has 0 unspecified atom stereocenters. The van der Waals surface area contributed by atoms with Crippen molar-refractivity contribution in [1.29, 1.82) is 0 Å². The summed E-state index contributed by atoms with van der Waals surface area (Å²) in [4.78, 5) is 19.8. The van der Waals surface area contributed by atoms with Crippen LogP contribution in [0.3, 0.4) is 0 Å². The first-order chi connectivity index (χ1) is 9.81. The van der Waals surface area contributed by atoms with Gasteiger partial charge in [-0.1, -0.05) is 25.3 Å². The van der Waals surface area contributed by atoms with Crippen LogP contribution in [0.5, 0.6) is 0 Å². The molecular formula is C17H24N2O. The molecule has 0 radical (unpaired) electrons. The first kappa shape index (κ1) is 13.7. The van der Waals surface area contributed by atoms with Crippen molar-refractivity contribution >= 4 is 5.78 Å². The van der Waals surface area contributed by atoms with Gasteiger partial charge < -0.3 is 0 Å². The Hall–Kier alpha value is -1.22. The fourth-order valence-electron chi connectivity index (χ4n) is 3.88. The van der Waals surface area contributed by atoms with Gasteiger partial charge in [0.05, 0.1) is 12.0 Å². The fourth-order valence-corrected chi connectivity index (χ4v) is 3.88. The van der Waals surface area contributed by atoms with Gasteiger partial charge in [-0.3, -0.25) is 14.7 Å². The summed E-state index contributed by atoms with van der Waals surface area (Å²) in [6.45, 7) is 2.21. The fraction of sp³-hybridized carbons (Fsp3) is 0.647. The average Bonchev–Trinajstić information content (AvgIpc) is 3.00. The monoisotopic (exact) mass is 272 g/mol. The van der Waals surface area contributed by atoms with Crippen LogP contribution in [0.25, 0.3) is 0 Å². The lowest BCUT2D eigenvalue weighted by molar-refractivity contribution is -0.131. The number of piperidine rings is 1. The van der Waals surface area contributed by atoms with E-state index in [1.165, 1.54) is 32.1 Å². The molecule has 3 rings (SSSR count). The van der Waals surface area contributed by atoms with Crippen LogP contribution in [0, 0.1) is 0 Å². The van der Waals surface area contributed by atoms with Crippen LogP contribution in [0.15, 0.2) is 24.4 Å². The maximum Gasteiger partial charge on any atom is 0.159 e. The van der Waals surface area contributed by atoms with E-state index < -0.39 is 0 Å². The zero-order chi connectivity index (χ0) is 13.8. The van der Waals surface area contributed by atoms with Crippen molar-refractivity contribution in [3.05, 3.63) is 30.1 Å². The lowest BCUT2D eigenvalue weighted by atomic mass is 9.85. The van der Waals surface area contributed by atoms with Gasteiger partial charge in [0.1, 0.15) is 0 Å². The number of rotatable bonds is 4. The molecule has 2 fully saturated rings. The number of carbonyl (C=O) groups excluding carboxylic acids is 1. The van der Waals surface area contributed by atoms with E-state index in [0.29, 0.717) is 12.2 Å². The van der Waals surface area contributed by atoms with E-state index in [0.717, 1.165) is 31.6 Å². The summed E-state index contributed by atoms with van der Waals surface area (Å²) >= 11 is 0. The van der Waals surface area contributed by atoms with Crippen LogP contribution in [-0.2, 0) is 11.2 Å². The molecule has 1 saturated heterocycles. The summed E-state index contributed by atoms with van der Waals surface area (Å²) < 4.78 is 0. The van der Waals surface area contributed by atoms with Crippen LogP contribution in [0.4, 0.5) is 0 Å². The highest BCUT2D eigenvalue weighted by molar-refractivity contribution is 5.90. The van der Waals surface area contributed by atoms with Crippen molar-refractivity contribution in [3.63, 3.8) is 0 Å². The summed E-state index contributed by atoms with van der Waals surface area (Å²) in [7, 11) is 0. The van der Waals surface area contributed by atoms with E-state index in [4.69, 9.17) is 0 Å². The van der Waals surface area contributed by atoms with E-state index >= 15 is 0 Å². The summed E-state index contributed by atoms with van der Waals surface area (Å²) in [5, 5.41) is 0. The Labute approximate surface area is 121 Å². The Morgan fingerprint density at radius 3 is 2.50 bits per heavy atom. The van der Waals surface area contributed by atoms with Gasteiger partial charge in [0.25, 0.3) is 0 Å². The molecule has 0 bridgehead atoms. The van der Waals surface area contributed by atoms with Crippen LogP contribution >= 0.6 is 0 Å². The second-order valence-electron chi connectivity index (χ2n) is 6.21. The van der Waals surface area contributed by atoms with E-state index in [1.807, 2.05) is 18.2 Å². The molecule has 3 nitrogen and oxygen atoms in total. The molecule has 1 aliphatic heterocycles. The van der Waals surface area contributed by atoms with Crippen molar-refractivity contribution in [2.45, 2.75) is 56.9 Å². The molecule has 20 heavy (non-hydrogen) atoms. The maximum atomic E-state index is 13.0.